The number of rotatable bonds is 3. The smallest absolute Gasteiger partial charge is 0.0456 e. The Bertz CT molecular complexity index is 390. The van der Waals surface area contributed by atoms with Crippen LogP contribution < -0.4 is 5.32 Å². The first kappa shape index (κ1) is 11.8. The third kappa shape index (κ3) is 2.83. The molecule has 2 aromatic rings. The summed E-state index contributed by atoms with van der Waals surface area (Å²) in [7, 11) is 1.98. The summed E-state index contributed by atoms with van der Waals surface area (Å²) in [6, 6.07) is 8.41. The number of aromatic nitrogens is 1. The molecule has 0 atom stereocenters. The van der Waals surface area contributed by atoms with Crippen molar-refractivity contribution in [3.05, 3.63) is 36.0 Å². The van der Waals surface area contributed by atoms with Crippen molar-refractivity contribution in [2.75, 3.05) is 13.6 Å². The zero-order chi connectivity index (χ0) is 11.1. The number of para-hydroxylation sites is 1. The maximum absolute atomic E-state index is 3.27. The summed E-state index contributed by atoms with van der Waals surface area (Å²) in [6.07, 6.45) is 3.18. The van der Waals surface area contributed by atoms with Gasteiger partial charge in [0.1, 0.15) is 0 Å². The van der Waals surface area contributed by atoms with E-state index in [1.165, 1.54) is 16.5 Å². The fraction of sp³-hybridized carbons (Fsp3) is 0.385. The summed E-state index contributed by atoms with van der Waals surface area (Å²) in [4.78, 5) is 3.27. The van der Waals surface area contributed by atoms with Gasteiger partial charge in [-0.15, -0.1) is 0 Å². The molecule has 2 heteroatoms. The minimum Gasteiger partial charge on any atom is -0.361 e. The lowest BCUT2D eigenvalue weighted by Gasteiger charge is -1.97. The first-order valence-corrected chi connectivity index (χ1v) is 5.61. The summed E-state index contributed by atoms with van der Waals surface area (Å²) in [5, 5.41) is 4.50. The van der Waals surface area contributed by atoms with Crippen LogP contribution >= 0.6 is 0 Å². The molecular weight excluding hydrogens is 184 g/mol. The highest BCUT2D eigenvalue weighted by Gasteiger charge is 2.00. The number of benzene rings is 1. The van der Waals surface area contributed by atoms with Gasteiger partial charge in [-0.3, -0.25) is 0 Å². The van der Waals surface area contributed by atoms with Crippen LogP contribution in [0.4, 0.5) is 0 Å². The average molecular weight is 204 g/mol. The second-order valence-electron chi connectivity index (χ2n) is 3.21. The van der Waals surface area contributed by atoms with Crippen LogP contribution in [0.2, 0.25) is 0 Å². The number of hydrogen-bond donors (Lipinski definition) is 2. The molecule has 0 fully saturated rings. The number of H-pyrrole nitrogens is 1. The zero-order valence-corrected chi connectivity index (χ0v) is 9.80. The molecule has 0 saturated heterocycles. The maximum Gasteiger partial charge on any atom is 0.0456 e. The Morgan fingerprint density at radius 3 is 2.67 bits per heavy atom. The van der Waals surface area contributed by atoms with E-state index in [0.717, 1.165) is 13.0 Å². The van der Waals surface area contributed by atoms with Crippen LogP contribution in [0.25, 0.3) is 10.9 Å². The van der Waals surface area contributed by atoms with Crippen LogP contribution in [0, 0.1) is 0 Å². The van der Waals surface area contributed by atoms with Crippen molar-refractivity contribution in [1.29, 1.82) is 0 Å². The van der Waals surface area contributed by atoms with Crippen molar-refractivity contribution in [3.63, 3.8) is 0 Å². The van der Waals surface area contributed by atoms with E-state index in [1.807, 2.05) is 20.9 Å². The van der Waals surface area contributed by atoms with Gasteiger partial charge in [-0.1, -0.05) is 32.0 Å². The van der Waals surface area contributed by atoms with Gasteiger partial charge >= 0.3 is 0 Å². The van der Waals surface area contributed by atoms with E-state index in [-0.39, 0.29) is 0 Å². The van der Waals surface area contributed by atoms with E-state index in [2.05, 4.69) is 40.8 Å². The lowest BCUT2D eigenvalue weighted by molar-refractivity contribution is 0.795. The van der Waals surface area contributed by atoms with E-state index in [1.54, 1.807) is 0 Å². The van der Waals surface area contributed by atoms with Gasteiger partial charge in [0.15, 0.2) is 0 Å². The summed E-state index contributed by atoms with van der Waals surface area (Å²) in [5.41, 5.74) is 2.62. The highest BCUT2D eigenvalue weighted by molar-refractivity contribution is 5.82. The van der Waals surface area contributed by atoms with Crippen molar-refractivity contribution in [3.8, 4) is 0 Å². The van der Waals surface area contributed by atoms with Crippen LogP contribution in [0.1, 0.15) is 19.4 Å². The average Bonchev–Trinajstić information content (AvgIpc) is 2.72. The van der Waals surface area contributed by atoms with Crippen LogP contribution in [0.15, 0.2) is 30.5 Å². The normalized spacial score (nSPS) is 9.80. The molecule has 82 valence electrons. The Morgan fingerprint density at radius 1 is 1.20 bits per heavy atom. The summed E-state index contributed by atoms with van der Waals surface area (Å²) >= 11 is 0. The fourth-order valence-electron chi connectivity index (χ4n) is 1.60. The van der Waals surface area contributed by atoms with Crippen molar-refractivity contribution >= 4 is 10.9 Å². The van der Waals surface area contributed by atoms with Gasteiger partial charge in [-0.2, -0.15) is 0 Å². The molecule has 0 unspecified atom stereocenters. The molecule has 0 spiro atoms. The maximum atomic E-state index is 3.27. The predicted octanol–water partition coefficient (Wildman–Crippen LogP) is 2.96. The van der Waals surface area contributed by atoms with Gasteiger partial charge in [0.2, 0.25) is 0 Å². The van der Waals surface area contributed by atoms with Gasteiger partial charge in [0.05, 0.1) is 0 Å². The highest BCUT2D eigenvalue weighted by atomic mass is 14.8. The topological polar surface area (TPSA) is 27.8 Å². The molecule has 0 aliphatic carbocycles. The Morgan fingerprint density at radius 2 is 1.93 bits per heavy atom. The molecule has 1 aromatic heterocycles. The lowest BCUT2D eigenvalue weighted by Crippen LogP contribution is -2.09. The number of hydrogen-bond acceptors (Lipinski definition) is 1. The third-order valence-corrected chi connectivity index (χ3v) is 2.32. The monoisotopic (exact) mass is 204 g/mol. The summed E-state index contributed by atoms with van der Waals surface area (Å²) < 4.78 is 0. The van der Waals surface area contributed by atoms with Gasteiger partial charge in [-0.25, -0.2) is 0 Å². The summed E-state index contributed by atoms with van der Waals surface area (Å²) in [5.74, 6) is 0. The van der Waals surface area contributed by atoms with Crippen molar-refractivity contribution < 1.29 is 0 Å². The molecule has 0 aliphatic heterocycles. The van der Waals surface area contributed by atoms with Gasteiger partial charge in [0, 0.05) is 17.1 Å². The molecule has 0 bridgehead atoms. The highest BCUT2D eigenvalue weighted by Crippen LogP contribution is 2.17. The molecule has 2 rings (SSSR count). The quantitative estimate of drug-likeness (QED) is 0.790. The Hall–Kier alpha value is -1.28. The molecule has 0 aliphatic rings. The zero-order valence-electron chi connectivity index (χ0n) is 9.80. The molecule has 2 N–H and O–H groups in total. The molecule has 15 heavy (non-hydrogen) atoms. The predicted molar refractivity (Wildman–Crippen MR) is 67.3 cm³/mol. The van der Waals surface area contributed by atoms with Crippen LogP contribution in [-0.4, -0.2) is 18.6 Å². The van der Waals surface area contributed by atoms with E-state index < -0.39 is 0 Å². The van der Waals surface area contributed by atoms with Crippen molar-refractivity contribution in [1.82, 2.24) is 10.3 Å². The van der Waals surface area contributed by atoms with E-state index in [4.69, 9.17) is 0 Å². The second-order valence-corrected chi connectivity index (χ2v) is 3.21. The minimum atomic E-state index is 1.03. The number of aromatic amines is 1. The molecule has 0 radical (unpaired) electrons. The number of fused-ring (bicyclic) bond motifs is 1. The number of likely N-dealkylation sites (N-methyl/N-ethyl adjacent to an activating group) is 1. The molecule has 0 saturated carbocycles. The number of nitrogens with one attached hydrogen (secondary N) is 2. The first-order valence-electron chi connectivity index (χ1n) is 5.61. The van der Waals surface area contributed by atoms with Crippen molar-refractivity contribution in [2.45, 2.75) is 20.3 Å². The first-order chi connectivity index (χ1) is 7.42. The van der Waals surface area contributed by atoms with Gasteiger partial charge in [-0.05, 0) is 31.6 Å². The van der Waals surface area contributed by atoms with E-state index in [9.17, 15) is 0 Å². The molecule has 0 amide bonds. The summed E-state index contributed by atoms with van der Waals surface area (Å²) in [6.45, 7) is 5.03. The standard InChI is InChI=1S/C11H14N2.C2H6/c1-12-7-6-9-8-13-11-5-3-2-4-10(9)11;1-2/h2-5,8,12-13H,6-7H2,1H3;1-2H3. The Kier molecular flexibility index (Phi) is 4.91. The van der Waals surface area contributed by atoms with Crippen LogP contribution in [-0.2, 0) is 6.42 Å². The molecular formula is C13H20N2. The van der Waals surface area contributed by atoms with Gasteiger partial charge in [0.25, 0.3) is 0 Å². The SMILES string of the molecule is CC.CNCCc1c[nH]c2ccccc12. The van der Waals surface area contributed by atoms with E-state index in [0.29, 0.717) is 0 Å². The largest absolute Gasteiger partial charge is 0.361 e. The molecule has 1 aromatic carbocycles. The Balaban J connectivity index is 0.000000531. The van der Waals surface area contributed by atoms with Crippen LogP contribution in [0.5, 0.6) is 0 Å². The molecule has 1 heterocycles. The Labute approximate surface area is 91.7 Å². The fourth-order valence-corrected chi connectivity index (χ4v) is 1.60. The minimum absolute atomic E-state index is 1.03. The van der Waals surface area contributed by atoms with Gasteiger partial charge < -0.3 is 10.3 Å². The van der Waals surface area contributed by atoms with E-state index >= 15 is 0 Å². The second kappa shape index (κ2) is 6.25. The van der Waals surface area contributed by atoms with Crippen LogP contribution in [0.3, 0.4) is 0 Å². The lowest BCUT2D eigenvalue weighted by atomic mass is 10.1. The van der Waals surface area contributed by atoms with Crippen molar-refractivity contribution in [2.24, 2.45) is 0 Å². The molecule has 2 nitrogen and oxygen atoms in total. The third-order valence-electron chi connectivity index (χ3n) is 2.32.